The first-order valence-electron chi connectivity index (χ1n) is 3.83. The maximum Gasteiger partial charge on any atom is 0.242 e. The number of benzene rings is 1. The Bertz CT molecular complexity index is 295. The summed E-state index contributed by atoms with van der Waals surface area (Å²) in [5.41, 5.74) is 0.621. The molecule has 3 nitrogen and oxygen atoms in total. The molecule has 1 atom stereocenters. The summed E-state index contributed by atoms with van der Waals surface area (Å²) in [5, 5.41) is 11.0. The van der Waals surface area contributed by atoms with Crippen molar-refractivity contribution < 1.29 is 9.90 Å². The second kappa shape index (κ2) is 4.14. The lowest BCUT2D eigenvalue weighted by atomic mass is 10.3. The molecule has 0 saturated heterocycles. The fourth-order valence-corrected chi connectivity index (χ4v) is 0.841. The highest BCUT2D eigenvalue weighted by Crippen LogP contribution is 2.14. The predicted octanol–water partition coefficient (Wildman–Crippen LogP) is 1.96. The van der Waals surface area contributed by atoms with Gasteiger partial charge in [-0.05, 0) is 31.2 Å². The maximum atomic E-state index is 11.1. The topological polar surface area (TPSA) is 49.3 Å². The van der Waals surface area contributed by atoms with Crippen LogP contribution in [-0.2, 0) is 4.79 Å². The number of phenolic OH excluding ortho intramolecular Hbond substituents is 1. The van der Waals surface area contributed by atoms with Crippen molar-refractivity contribution in [1.82, 2.24) is 0 Å². The highest BCUT2D eigenvalue weighted by atomic mass is 35.5. The summed E-state index contributed by atoms with van der Waals surface area (Å²) < 4.78 is 0. The number of aromatic hydroxyl groups is 1. The molecule has 0 saturated carbocycles. The normalized spacial score (nSPS) is 12.2. The third-order valence-corrected chi connectivity index (χ3v) is 1.69. The van der Waals surface area contributed by atoms with Crippen LogP contribution in [0.5, 0.6) is 5.75 Å². The second-order valence-electron chi connectivity index (χ2n) is 2.65. The average Bonchev–Trinajstić information content (AvgIpc) is 2.08. The van der Waals surface area contributed by atoms with Gasteiger partial charge in [0.2, 0.25) is 5.91 Å². The first-order chi connectivity index (χ1) is 6.09. The van der Waals surface area contributed by atoms with Crippen LogP contribution in [0, 0.1) is 0 Å². The Labute approximate surface area is 81.3 Å². The van der Waals surface area contributed by atoms with Crippen LogP contribution in [0.15, 0.2) is 24.3 Å². The monoisotopic (exact) mass is 199 g/mol. The van der Waals surface area contributed by atoms with Crippen molar-refractivity contribution in [1.29, 1.82) is 0 Å². The molecule has 2 N–H and O–H groups in total. The average molecular weight is 200 g/mol. The van der Waals surface area contributed by atoms with Crippen LogP contribution in [0.25, 0.3) is 0 Å². The number of carbonyl (C=O) groups is 1. The quantitative estimate of drug-likeness (QED) is 0.565. The van der Waals surface area contributed by atoms with E-state index in [4.69, 9.17) is 16.7 Å². The molecule has 13 heavy (non-hydrogen) atoms. The third kappa shape index (κ3) is 2.95. The van der Waals surface area contributed by atoms with E-state index in [2.05, 4.69) is 5.32 Å². The van der Waals surface area contributed by atoms with Gasteiger partial charge >= 0.3 is 0 Å². The van der Waals surface area contributed by atoms with Gasteiger partial charge in [-0.25, -0.2) is 0 Å². The highest BCUT2D eigenvalue weighted by molar-refractivity contribution is 6.32. The van der Waals surface area contributed by atoms with Gasteiger partial charge in [0, 0.05) is 5.69 Å². The smallest absolute Gasteiger partial charge is 0.242 e. The zero-order chi connectivity index (χ0) is 9.84. The van der Waals surface area contributed by atoms with Crippen molar-refractivity contribution >= 4 is 23.2 Å². The number of hydrogen-bond donors (Lipinski definition) is 2. The first-order valence-corrected chi connectivity index (χ1v) is 4.27. The number of carbonyl (C=O) groups excluding carboxylic acids is 1. The van der Waals surface area contributed by atoms with Crippen LogP contribution in [0.3, 0.4) is 0 Å². The number of nitrogens with one attached hydrogen (secondary N) is 1. The molecule has 4 heteroatoms. The fraction of sp³-hybridized carbons (Fsp3) is 0.222. The van der Waals surface area contributed by atoms with E-state index in [9.17, 15) is 4.79 Å². The lowest BCUT2D eigenvalue weighted by Crippen LogP contribution is -2.20. The Morgan fingerprint density at radius 3 is 2.46 bits per heavy atom. The summed E-state index contributed by atoms with van der Waals surface area (Å²) in [7, 11) is 0. The molecule has 0 spiro atoms. The van der Waals surface area contributed by atoms with E-state index in [1.54, 1.807) is 19.1 Å². The molecule has 0 heterocycles. The lowest BCUT2D eigenvalue weighted by Gasteiger charge is -2.05. The molecule has 0 aliphatic carbocycles. The minimum Gasteiger partial charge on any atom is -0.508 e. The predicted molar refractivity (Wildman–Crippen MR) is 52.1 cm³/mol. The Morgan fingerprint density at radius 1 is 1.46 bits per heavy atom. The number of rotatable bonds is 2. The molecule has 1 rings (SSSR count). The van der Waals surface area contributed by atoms with Crippen LogP contribution in [0.2, 0.25) is 0 Å². The summed E-state index contributed by atoms with van der Waals surface area (Å²) in [6.45, 7) is 1.59. The second-order valence-corrected chi connectivity index (χ2v) is 3.31. The third-order valence-electron chi connectivity index (χ3n) is 1.50. The Balaban J connectivity index is 2.65. The van der Waals surface area contributed by atoms with Gasteiger partial charge in [-0.1, -0.05) is 0 Å². The molecule has 1 aromatic rings. The zero-order valence-electron chi connectivity index (χ0n) is 7.12. The van der Waals surface area contributed by atoms with Crippen molar-refractivity contribution in [3.63, 3.8) is 0 Å². The van der Waals surface area contributed by atoms with Crippen molar-refractivity contribution in [2.24, 2.45) is 0 Å². The molecule has 1 aromatic carbocycles. The van der Waals surface area contributed by atoms with E-state index in [0.29, 0.717) is 5.69 Å². The Hall–Kier alpha value is -1.22. The lowest BCUT2D eigenvalue weighted by molar-refractivity contribution is -0.115. The van der Waals surface area contributed by atoms with Crippen molar-refractivity contribution in [3.8, 4) is 5.75 Å². The van der Waals surface area contributed by atoms with Gasteiger partial charge in [-0.15, -0.1) is 11.6 Å². The van der Waals surface area contributed by atoms with Gasteiger partial charge < -0.3 is 10.4 Å². The van der Waals surface area contributed by atoms with Gasteiger partial charge in [0.05, 0.1) is 0 Å². The highest BCUT2D eigenvalue weighted by Gasteiger charge is 2.08. The molecule has 1 unspecified atom stereocenters. The van der Waals surface area contributed by atoms with Crippen LogP contribution >= 0.6 is 11.6 Å². The van der Waals surface area contributed by atoms with E-state index in [-0.39, 0.29) is 11.7 Å². The Kier molecular flexibility index (Phi) is 3.14. The summed E-state index contributed by atoms with van der Waals surface area (Å²) in [6, 6.07) is 6.20. The summed E-state index contributed by atoms with van der Waals surface area (Å²) >= 11 is 5.55. The SMILES string of the molecule is CC(Cl)C(=O)Nc1ccc(O)cc1. The van der Waals surface area contributed by atoms with Gasteiger partial charge in [-0.3, -0.25) is 4.79 Å². The molecule has 0 aromatic heterocycles. The van der Waals surface area contributed by atoms with E-state index in [1.165, 1.54) is 12.1 Å². The van der Waals surface area contributed by atoms with Gasteiger partial charge in [0.1, 0.15) is 11.1 Å². The van der Waals surface area contributed by atoms with Crippen LogP contribution in [-0.4, -0.2) is 16.4 Å². The van der Waals surface area contributed by atoms with E-state index in [1.807, 2.05) is 0 Å². The van der Waals surface area contributed by atoms with E-state index in [0.717, 1.165) is 0 Å². The molecule has 0 radical (unpaired) electrons. The van der Waals surface area contributed by atoms with Gasteiger partial charge in [-0.2, -0.15) is 0 Å². The molecule has 70 valence electrons. The molecule has 0 bridgehead atoms. The minimum absolute atomic E-state index is 0.164. The van der Waals surface area contributed by atoms with Crippen LogP contribution in [0.1, 0.15) is 6.92 Å². The maximum absolute atomic E-state index is 11.1. The van der Waals surface area contributed by atoms with Crippen LogP contribution < -0.4 is 5.32 Å². The largest absolute Gasteiger partial charge is 0.508 e. The van der Waals surface area contributed by atoms with Crippen molar-refractivity contribution in [2.45, 2.75) is 12.3 Å². The minimum atomic E-state index is -0.561. The number of phenols is 1. The van der Waals surface area contributed by atoms with Crippen molar-refractivity contribution in [3.05, 3.63) is 24.3 Å². The molecular weight excluding hydrogens is 190 g/mol. The Morgan fingerprint density at radius 2 is 2.00 bits per heavy atom. The molecule has 0 aliphatic rings. The molecule has 0 fully saturated rings. The summed E-state index contributed by atoms with van der Waals surface area (Å²) in [6.07, 6.45) is 0. The number of amides is 1. The number of alkyl halides is 1. The molecular formula is C9H10ClNO2. The van der Waals surface area contributed by atoms with Crippen molar-refractivity contribution in [2.75, 3.05) is 5.32 Å². The van der Waals surface area contributed by atoms with E-state index < -0.39 is 5.38 Å². The number of anilines is 1. The standard InChI is InChI=1S/C9H10ClNO2/c1-6(10)9(13)11-7-2-4-8(12)5-3-7/h2-6,12H,1H3,(H,11,13). The number of halogens is 1. The first kappa shape index (κ1) is 9.86. The van der Waals surface area contributed by atoms with Crippen LogP contribution in [0.4, 0.5) is 5.69 Å². The fourth-order valence-electron chi connectivity index (χ4n) is 0.786. The van der Waals surface area contributed by atoms with Gasteiger partial charge in [0.25, 0.3) is 0 Å². The molecule has 0 aliphatic heterocycles. The summed E-state index contributed by atoms with van der Waals surface area (Å²) in [4.78, 5) is 11.1. The number of hydrogen-bond acceptors (Lipinski definition) is 2. The van der Waals surface area contributed by atoms with E-state index >= 15 is 0 Å². The molecule has 1 amide bonds. The summed E-state index contributed by atoms with van der Waals surface area (Å²) in [5.74, 6) is -0.0933. The van der Waals surface area contributed by atoms with Gasteiger partial charge in [0.15, 0.2) is 0 Å². The zero-order valence-corrected chi connectivity index (χ0v) is 7.88.